The third kappa shape index (κ3) is 3.35. The van der Waals surface area contributed by atoms with Gasteiger partial charge in [0.15, 0.2) is 17.1 Å². The normalized spacial score (nSPS) is 11.1. The molecular weight excluding hydrogens is 426 g/mol. The van der Waals surface area contributed by atoms with Crippen LogP contribution in [0, 0.1) is 0 Å². The van der Waals surface area contributed by atoms with Crippen molar-refractivity contribution in [2.45, 2.75) is 6.61 Å². The fraction of sp³-hybridized carbons (Fsp3) is 0.0800. The number of ether oxygens (including phenoxy) is 2. The van der Waals surface area contributed by atoms with Crippen LogP contribution in [0.5, 0.6) is 5.75 Å². The first-order chi connectivity index (χ1) is 15.7. The Morgan fingerprint density at radius 2 is 1.69 bits per heavy atom. The van der Waals surface area contributed by atoms with Gasteiger partial charge in [0.2, 0.25) is 0 Å². The van der Waals surface area contributed by atoms with Gasteiger partial charge in [-0.1, -0.05) is 78.3 Å². The molecule has 0 spiro atoms. The van der Waals surface area contributed by atoms with Crippen LogP contribution in [0.15, 0.2) is 79.1 Å². The van der Waals surface area contributed by atoms with Crippen LogP contribution < -0.4 is 4.74 Å². The Morgan fingerprint density at radius 1 is 0.969 bits per heavy atom. The summed E-state index contributed by atoms with van der Waals surface area (Å²) in [5.41, 5.74) is 3.47. The first-order valence-corrected chi connectivity index (χ1v) is 10.3. The van der Waals surface area contributed by atoms with Gasteiger partial charge in [-0.2, -0.15) is 5.10 Å². The second-order valence-electron chi connectivity index (χ2n) is 7.15. The molecule has 0 atom stereocenters. The zero-order valence-corrected chi connectivity index (χ0v) is 17.9. The van der Waals surface area contributed by atoms with Crippen molar-refractivity contribution in [1.29, 1.82) is 0 Å². The number of pyridine rings is 1. The number of rotatable bonds is 5. The zero-order chi connectivity index (χ0) is 22.1. The van der Waals surface area contributed by atoms with E-state index >= 15 is 0 Å². The predicted octanol–water partition coefficient (Wildman–Crippen LogP) is 5.57. The average molecular weight is 444 g/mol. The van der Waals surface area contributed by atoms with E-state index in [9.17, 15) is 4.79 Å². The van der Waals surface area contributed by atoms with Gasteiger partial charge in [0, 0.05) is 10.8 Å². The third-order valence-electron chi connectivity index (χ3n) is 5.27. The fourth-order valence-electron chi connectivity index (χ4n) is 3.83. The molecule has 0 saturated heterocycles. The Labute approximate surface area is 189 Å². The molecule has 0 fully saturated rings. The lowest BCUT2D eigenvalue weighted by molar-refractivity contribution is 0.0585. The summed E-state index contributed by atoms with van der Waals surface area (Å²) in [6.45, 7) is 0.242. The lowest BCUT2D eigenvalue weighted by atomic mass is 9.98. The third-order valence-corrected chi connectivity index (χ3v) is 5.58. The van der Waals surface area contributed by atoms with Crippen LogP contribution in [-0.2, 0) is 11.3 Å². The highest BCUT2D eigenvalue weighted by Gasteiger charge is 2.27. The molecule has 5 aromatic rings. The van der Waals surface area contributed by atoms with Crippen molar-refractivity contribution in [2.75, 3.05) is 7.11 Å². The number of esters is 1. The lowest BCUT2D eigenvalue weighted by Gasteiger charge is -2.18. The average Bonchev–Trinajstić information content (AvgIpc) is 3.33. The van der Waals surface area contributed by atoms with Crippen molar-refractivity contribution in [3.63, 3.8) is 0 Å². The van der Waals surface area contributed by atoms with Crippen molar-refractivity contribution in [3.8, 4) is 16.9 Å². The highest BCUT2D eigenvalue weighted by molar-refractivity contribution is 6.37. The Hall–Kier alpha value is -3.90. The Balaban J connectivity index is 1.85. The van der Waals surface area contributed by atoms with Gasteiger partial charge in [0.25, 0.3) is 0 Å². The Bertz CT molecular complexity index is 1430. The molecule has 0 aliphatic rings. The summed E-state index contributed by atoms with van der Waals surface area (Å²) in [5, 5.41) is 6.08. The van der Waals surface area contributed by atoms with Crippen LogP contribution >= 0.6 is 11.6 Å². The summed E-state index contributed by atoms with van der Waals surface area (Å²) in [5.74, 6) is -0.289. The number of fused-ring (bicyclic) bond motifs is 3. The number of hydrogen-bond donors (Lipinski definition) is 0. The number of nitrogens with zero attached hydrogens (tertiary/aromatic N) is 3. The van der Waals surface area contributed by atoms with Gasteiger partial charge in [-0.25, -0.2) is 14.3 Å². The molecule has 0 aliphatic carbocycles. The van der Waals surface area contributed by atoms with Crippen molar-refractivity contribution in [1.82, 2.24) is 14.6 Å². The molecule has 0 bridgehead atoms. The number of benzene rings is 3. The smallest absolute Gasteiger partial charge is 0.360 e. The topological polar surface area (TPSA) is 65.7 Å². The molecule has 0 amide bonds. The Morgan fingerprint density at radius 3 is 2.41 bits per heavy atom. The maximum atomic E-state index is 12.8. The van der Waals surface area contributed by atoms with Crippen LogP contribution in [-0.4, -0.2) is 27.7 Å². The second-order valence-corrected chi connectivity index (χ2v) is 7.56. The van der Waals surface area contributed by atoms with E-state index in [1.54, 1.807) is 6.07 Å². The maximum Gasteiger partial charge on any atom is 0.360 e. The van der Waals surface area contributed by atoms with E-state index in [0.29, 0.717) is 21.8 Å². The molecule has 2 heterocycles. The van der Waals surface area contributed by atoms with E-state index < -0.39 is 5.97 Å². The first-order valence-electron chi connectivity index (χ1n) is 9.97. The molecule has 0 saturated carbocycles. The molecule has 3 aromatic carbocycles. The van der Waals surface area contributed by atoms with Crippen molar-refractivity contribution >= 4 is 34.0 Å². The number of methoxy groups -OCH3 is 1. The van der Waals surface area contributed by atoms with Gasteiger partial charge in [-0.15, -0.1) is 0 Å². The van der Waals surface area contributed by atoms with Crippen LogP contribution in [0.4, 0.5) is 0 Å². The summed E-state index contributed by atoms with van der Waals surface area (Å²) >= 11 is 6.70. The summed E-state index contributed by atoms with van der Waals surface area (Å²) in [6, 6.07) is 23.3. The summed E-state index contributed by atoms with van der Waals surface area (Å²) in [7, 11) is 1.32. The molecule has 0 unspecified atom stereocenters. The van der Waals surface area contributed by atoms with Crippen molar-refractivity contribution < 1.29 is 14.3 Å². The molecule has 0 N–H and O–H groups in total. The minimum absolute atomic E-state index is 0.135. The lowest BCUT2D eigenvalue weighted by Crippen LogP contribution is -2.13. The highest BCUT2D eigenvalue weighted by atomic mass is 35.5. The minimum Gasteiger partial charge on any atom is -0.486 e. The largest absolute Gasteiger partial charge is 0.486 e. The van der Waals surface area contributed by atoms with Crippen LogP contribution in [0.1, 0.15) is 16.1 Å². The quantitative estimate of drug-likeness (QED) is 0.332. The van der Waals surface area contributed by atoms with E-state index in [1.807, 2.05) is 66.7 Å². The van der Waals surface area contributed by atoms with E-state index in [2.05, 4.69) is 10.1 Å². The zero-order valence-electron chi connectivity index (χ0n) is 17.2. The maximum absolute atomic E-state index is 12.8. The van der Waals surface area contributed by atoms with Gasteiger partial charge in [-0.3, -0.25) is 0 Å². The highest BCUT2D eigenvalue weighted by Crippen LogP contribution is 2.42. The van der Waals surface area contributed by atoms with Crippen LogP contribution in [0.3, 0.4) is 0 Å². The predicted molar refractivity (Wildman–Crippen MR) is 123 cm³/mol. The standard InChI is InChI=1S/C25H18ClN3O3/c1-31-25(30)22-23(32-14-16-8-4-2-5-9-16)21-19(26)13-12-18(17-10-6-3-7-11-17)20(21)24-27-15-28-29(22)24/h2-13,15H,14H2,1H3. The number of carbonyl (C=O) groups is 1. The molecular formula is C25H18ClN3O3. The molecule has 158 valence electrons. The fourth-order valence-corrected chi connectivity index (χ4v) is 4.07. The van der Waals surface area contributed by atoms with Crippen LogP contribution in [0.25, 0.3) is 27.5 Å². The first kappa shape index (κ1) is 20.0. The Kier molecular flexibility index (Phi) is 5.21. The number of carbonyl (C=O) groups excluding carboxylic acids is 1. The molecule has 2 aromatic heterocycles. The van der Waals surface area contributed by atoms with E-state index in [1.165, 1.54) is 18.0 Å². The number of halogens is 1. The molecule has 5 rings (SSSR count). The van der Waals surface area contributed by atoms with Gasteiger partial charge in [-0.05, 0) is 22.8 Å². The van der Waals surface area contributed by atoms with E-state index in [0.717, 1.165) is 22.1 Å². The van der Waals surface area contributed by atoms with Gasteiger partial charge in [0.1, 0.15) is 12.9 Å². The summed E-state index contributed by atoms with van der Waals surface area (Å²) in [6.07, 6.45) is 1.40. The monoisotopic (exact) mass is 443 g/mol. The minimum atomic E-state index is -0.591. The van der Waals surface area contributed by atoms with Crippen molar-refractivity contribution in [2.24, 2.45) is 0 Å². The SMILES string of the molecule is COC(=O)c1c(OCc2ccccc2)c2c(Cl)ccc(-c3ccccc3)c2c2ncnn12. The summed E-state index contributed by atoms with van der Waals surface area (Å²) in [4.78, 5) is 17.3. The van der Waals surface area contributed by atoms with Gasteiger partial charge < -0.3 is 9.47 Å². The molecule has 32 heavy (non-hydrogen) atoms. The van der Waals surface area contributed by atoms with E-state index in [-0.39, 0.29) is 12.3 Å². The molecule has 0 radical (unpaired) electrons. The second kappa shape index (κ2) is 8.32. The van der Waals surface area contributed by atoms with Crippen LogP contribution in [0.2, 0.25) is 5.02 Å². The molecule has 7 heteroatoms. The molecule has 6 nitrogen and oxygen atoms in total. The van der Waals surface area contributed by atoms with Gasteiger partial charge in [0.05, 0.1) is 12.1 Å². The van der Waals surface area contributed by atoms with Gasteiger partial charge >= 0.3 is 5.97 Å². The van der Waals surface area contributed by atoms with E-state index in [4.69, 9.17) is 21.1 Å². The number of aromatic nitrogens is 3. The summed E-state index contributed by atoms with van der Waals surface area (Å²) < 4.78 is 12.7. The number of hydrogen-bond acceptors (Lipinski definition) is 5. The van der Waals surface area contributed by atoms with Crippen molar-refractivity contribution in [3.05, 3.63) is 95.4 Å². The molecule has 0 aliphatic heterocycles.